The van der Waals surface area contributed by atoms with Gasteiger partial charge in [0, 0.05) is 12.5 Å². The fourth-order valence-corrected chi connectivity index (χ4v) is 2.94. The van der Waals surface area contributed by atoms with Gasteiger partial charge in [0.25, 0.3) is 0 Å². The second-order valence-corrected chi connectivity index (χ2v) is 6.85. The third-order valence-electron chi connectivity index (χ3n) is 4.37. The predicted octanol–water partition coefficient (Wildman–Crippen LogP) is 1.43. The van der Waals surface area contributed by atoms with Crippen molar-refractivity contribution >= 4 is 5.91 Å². The van der Waals surface area contributed by atoms with E-state index in [2.05, 4.69) is 10.4 Å². The average molecular weight is 380 g/mol. The van der Waals surface area contributed by atoms with Crippen molar-refractivity contribution in [2.24, 2.45) is 0 Å². The first-order valence-corrected chi connectivity index (χ1v) is 9.18. The highest BCUT2D eigenvalue weighted by Crippen LogP contribution is 2.11. The first-order valence-electron chi connectivity index (χ1n) is 9.18. The molecule has 28 heavy (non-hydrogen) atoms. The van der Waals surface area contributed by atoms with Crippen molar-refractivity contribution in [2.45, 2.75) is 32.9 Å². The lowest BCUT2D eigenvalue weighted by Crippen LogP contribution is -2.39. The lowest BCUT2D eigenvalue weighted by atomic mass is 10.1. The molecule has 0 saturated heterocycles. The average Bonchev–Trinajstić information content (AvgIpc) is 2.98. The number of amides is 1. The number of nitrogens with one attached hydrogen (secondary N) is 1. The molecule has 7 nitrogen and oxygen atoms in total. The maximum atomic E-state index is 13.0. The molecule has 1 unspecified atom stereocenters. The van der Waals surface area contributed by atoms with Crippen LogP contribution in [0.15, 0.2) is 59.4 Å². The van der Waals surface area contributed by atoms with E-state index < -0.39 is 0 Å². The molecule has 0 bridgehead atoms. The Morgan fingerprint density at radius 2 is 1.93 bits per heavy atom. The Balaban J connectivity index is 1.99. The number of aromatic nitrogens is 3. The molecule has 2 aromatic carbocycles. The Labute approximate surface area is 163 Å². The second kappa shape index (κ2) is 8.67. The van der Waals surface area contributed by atoms with Crippen LogP contribution >= 0.6 is 0 Å². The Kier molecular flexibility index (Phi) is 6.06. The van der Waals surface area contributed by atoms with Gasteiger partial charge in [-0.15, -0.1) is 5.10 Å². The number of carbonyl (C=O) groups excluding carboxylic acids is 1. The summed E-state index contributed by atoms with van der Waals surface area (Å²) in [5.41, 5.74) is 2.29. The fourth-order valence-electron chi connectivity index (χ4n) is 2.94. The van der Waals surface area contributed by atoms with Crippen LogP contribution in [0.1, 0.15) is 23.9 Å². The fraction of sp³-hybridized carbons (Fsp3) is 0.286. The van der Waals surface area contributed by atoms with Crippen LogP contribution in [0.2, 0.25) is 0 Å². The van der Waals surface area contributed by atoms with Crippen LogP contribution in [0, 0.1) is 6.92 Å². The van der Waals surface area contributed by atoms with Crippen molar-refractivity contribution in [1.82, 2.24) is 19.7 Å². The predicted molar refractivity (Wildman–Crippen MR) is 106 cm³/mol. The molecular weight excluding hydrogens is 356 g/mol. The van der Waals surface area contributed by atoms with E-state index in [0.29, 0.717) is 17.9 Å². The van der Waals surface area contributed by atoms with Crippen molar-refractivity contribution in [3.63, 3.8) is 0 Å². The third kappa shape index (κ3) is 4.55. The summed E-state index contributed by atoms with van der Waals surface area (Å²) < 4.78 is 2.71. The van der Waals surface area contributed by atoms with Crippen LogP contribution in [-0.2, 0) is 17.8 Å². The highest BCUT2D eigenvalue weighted by atomic mass is 16.3. The standard InChI is InChI=1S/C21H24N4O3/c1-15-7-6-10-18(11-15)25-21(28)24(13-20(27)22-16(2)14-26)19(23-25)12-17-8-4-3-5-9-17/h3-11,16,26H,12-14H2,1-2H3,(H,22,27). The molecule has 1 amide bonds. The van der Waals surface area contributed by atoms with Gasteiger partial charge < -0.3 is 10.4 Å². The van der Waals surface area contributed by atoms with Crippen LogP contribution < -0.4 is 11.0 Å². The van der Waals surface area contributed by atoms with E-state index in [1.54, 1.807) is 6.92 Å². The van der Waals surface area contributed by atoms with E-state index in [9.17, 15) is 9.59 Å². The molecule has 0 radical (unpaired) electrons. The normalized spacial score (nSPS) is 12.0. The summed E-state index contributed by atoms with van der Waals surface area (Å²) in [6.07, 6.45) is 0.428. The quantitative estimate of drug-likeness (QED) is 0.649. The zero-order valence-electron chi connectivity index (χ0n) is 16.0. The molecule has 1 aromatic heterocycles. The van der Waals surface area contributed by atoms with Crippen LogP contribution in [-0.4, -0.2) is 38.0 Å². The molecule has 0 saturated carbocycles. The van der Waals surface area contributed by atoms with Gasteiger partial charge >= 0.3 is 5.69 Å². The van der Waals surface area contributed by atoms with Gasteiger partial charge in [0.15, 0.2) is 0 Å². The molecule has 1 atom stereocenters. The van der Waals surface area contributed by atoms with Gasteiger partial charge in [0.2, 0.25) is 5.91 Å². The van der Waals surface area contributed by atoms with Gasteiger partial charge in [-0.1, -0.05) is 42.5 Å². The first-order chi connectivity index (χ1) is 13.5. The van der Waals surface area contributed by atoms with E-state index in [1.807, 2.05) is 61.5 Å². The van der Waals surface area contributed by atoms with Gasteiger partial charge in [-0.05, 0) is 37.1 Å². The van der Waals surface area contributed by atoms with Gasteiger partial charge in [-0.25, -0.2) is 4.79 Å². The second-order valence-electron chi connectivity index (χ2n) is 6.85. The van der Waals surface area contributed by atoms with E-state index in [1.165, 1.54) is 9.25 Å². The van der Waals surface area contributed by atoms with E-state index in [0.717, 1.165) is 11.1 Å². The number of aliphatic hydroxyl groups excluding tert-OH is 1. The van der Waals surface area contributed by atoms with Gasteiger partial charge in [0.1, 0.15) is 12.4 Å². The van der Waals surface area contributed by atoms with Crippen molar-refractivity contribution in [3.8, 4) is 5.69 Å². The minimum Gasteiger partial charge on any atom is -0.394 e. The van der Waals surface area contributed by atoms with Crippen molar-refractivity contribution in [3.05, 3.63) is 82.0 Å². The minimum atomic E-state index is -0.382. The summed E-state index contributed by atoms with van der Waals surface area (Å²) in [5.74, 6) is 0.159. The third-order valence-corrected chi connectivity index (χ3v) is 4.37. The number of aryl methyl sites for hydroxylation is 1. The van der Waals surface area contributed by atoms with E-state index >= 15 is 0 Å². The Morgan fingerprint density at radius 1 is 1.18 bits per heavy atom. The van der Waals surface area contributed by atoms with E-state index in [4.69, 9.17) is 5.11 Å². The van der Waals surface area contributed by atoms with Gasteiger partial charge in [-0.2, -0.15) is 4.68 Å². The molecule has 3 rings (SSSR count). The number of carbonyl (C=O) groups is 1. The molecule has 146 valence electrons. The summed E-state index contributed by atoms with van der Waals surface area (Å²) in [4.78, 5) is 25.3. The van der Waals surface area contributed by atoms with Crippen molar-refractivity contribution < 1.29 is 9.90 Å². The zero-order chi connectivity index (χ0) is 20.1. The first kappa shape index (κ1) is 19.6. The van der Waals surface area contributed by atoms with Crippen molar-refractivity contribution in [1.29, 1.82) is 0 Å². The lowest BCUT2D eigenvalue weighted by Gasteiger charge is -2.11. The van der Waals surface area contributed by atoms with Crippen molar-refractivity contribution in [2.75, 3.05) is 6.61 Å². The smallest absolute Gasteiger partial charge is 0.351 e. The molecular formula is C21H24N4O3. The molecule has 1 heterocycles. The number of benzene rings is 2. The Bertz CT molecular complexity index is 1010. The van der Waals surface area contributed by atoms with Crippen LogP contribution in [0.4, 0.5) is 0 Å². The number of rotatable bonds is 7. The maximum Gasteiger partial charge on any atom is 0.351 e. The Hall–Kier alpha value is -3.19. The molecule has 0 spiro atoms. The highest BCUT2D eigenvalue weighted by Gasteiger charge is 2.18. The number of hydrogen-bond donors (Lipinski definition) is 2. The molecule has 7 heteroatoms. The maximum absolute atomic E-state index is 13.0. The summed E-state index contributed by atoms with van der Waals surface area (Å²) >= 11 is 0. The minimum absolute atomic E-state index is 0.156. The monoisotopic (exact) mass is 380 g/mol. The molecule has 0 aliphatic heterocycles. The number of aliphatic hydroxyl groups is 1. The summed E-state index contributed by atoms with van der Waals surface area (Å²) in [7, 11) is 0. The zero-order valence-corrected chi connectivity index (χ0v) is 16.0. The molecule has 0 fully saturated rings. The molecule has 0 aliphatic carbocycles. The van der Waals surface area contributed by atoms with Gasteiger partial charge in [-0.3, -0.25) is 9.36 Å². The highest BCUT2D eigenvalue weighted by molar-refractivity contribution is 5.76. The van der Waals surface area contributed by atoms with Crippen LogP contribution in [0.25, 0.3) is 5.69 Å². The summed E-state index contributed by atoms with van der Waals surface area (Å²) in [5, 5.41) is 16.3. The molecule has 3 aromatic rings. The summed E-state index contributed by atoms with van der Waals surface area (Å²) in [6.45, 7) is 3.32. The Morgan fingerprint density at radius 3 is 2.61 bits per heavy atom. The SMILES string of the molecule is Cc1cccc(-n2nc(Cc3ccccc3)n(CC(=O)NC(C)CO)c2=O)c1. The topological polar surface area (TPSA) is 89.2 Å². The summed E-state index contributed by atoms with van der Waals surface area (Å²) in [6, 6.07) is 16.8. The number of hydrogen-bond acceptors (Lipinski definition) is 4. The van der Waals surface area contributed by atoms with Crippen LogP contribution in [0.3, 0.4) is 0 Å². The molecule has 0 aliphatic rings. The van der Waals surface area contributed by atoms with E-state index in [-0.39, 0.29) is 30.8 Å². The lowest BCUT2D eigenvalue weighted by molar-refractivity contribution is -0.122. The largest absolute Gasteiger partial charge is 0.394 e. The molecule has 2 N–H and O–H groups in total. The van der Waals surface area contributed by atoms with Crippen LogP contribution in [0.5, 0.6) is 0 Å². The van der Waals surface area contributed by atoms with Gasteiger partial charge in [0.05, 0.1) is 12.3 Å². The number of nitrogens with zero attached hydrogens (tertiary/aromatic N) is 3.